The van der Waals surface area contributed by atoms with Gasteiger partial charge in [0.2, 0.25) is 0 Å². The fourth-order valence-corrected chi connectivity index (χ4v) is 3.52. The van der Waals surface area contributed by atoms with Gasteiger partial charge in [0.05, 0.1) is 4.92 Å². The lowest BCUT2D eigenvalue weighted by Crippen LogP contribution is -2.34. The molecule has 2 N–H and O–H groups in total. The first-order chi connectivity index (χ1) is 13.8. The van der Waals surface area contributed by atoms with Crippen molar-refractivity contribution in [2.75, 3.05) is 23.3 Å². The van der Waals surface area contributed by atoms with Gasteiger partial charge in [-0.3, -0.25) is 20.2 Å². The predicted octanol–water partition coefficient (Wildman–Crippen LogP) is 4.27. The Morgan fingerprint density at radius 3 is 2.45 bits per heavy atom. The van der Waals surface area contributed by atoms with Crippen molar-refractivity contribution in [2.45, 2.75) is 26.7 Å². The van der Waals surface area contributed by atoms with Crippen LogP contribution in [0.15, 0.2) is 42.5 Å². The van der Waals surface area contributed by atoms with Crippen LogP contribution in [-0.4, -0.2) is 29.0 Å². The monoisotopic (exact) mass is 412 g/mol. The number of nitro benzene ring substituents is 1. The van der Waals surface area contributed by atoms with Gasteiger partial charge in [-0.15, -0.1) is 0 Å². The Balaban J connectivity index is 1.58. The molecule has 0 radical (unpaired) electrons. The average molecular weight is 413 g/mol. The second-order valence-corrected chi connectivity index (χ2v) is 7.79. The SMILES string of the molecule is Cc1ccc(C(=O)NC(=S)Nc2ccc(N3CCC(C)CC3)cc2)cc1[N+](=O)[O-]. The molecule has 1 fully saturated rings. The van der Waals surface area contributed by atoms with Crippen LogP contribution in [0.1, 0.15) is 35.7 Å². The van der Waals surface area contributed by atoms with Gasteiger partial charge in [0.15, 0.2) is 5.11 Å². The Kier molecular flexibility index (Phi) is 6.43. The third-order valence-corrected chi connectivity index (χ3v) is 5.37. The number of nitro groups is 1. The van der Waals surface area contributed by atoms with Crippen LogP contribution in [0.25, 0.3) is 0 Å². The Morgan fingerprint density at radius 2 is 1.83 bits per heavy atom. The molecule has 0 saturated carbocycles. The number of amides is 1. The number of hydrogen-bond donors (Lipinski definition) is 2. The predicted molar refractivity (Wildman–Crippen MR) is 119 cm³/mol. The minimum absolute atomic E-state index is 0.0979. The minimum atomic E-state index is -0.507. The van der Waals surface area contributed by atoms with E-state index in [1.165, 1.54) is 30.7 Å². The Morgan fingerprint density at radius 1 is 1.17 bits per heavy atom. The first-order valence-corrected chi connectivity index (χ1v) is 9.96. The maximum Gasteiger partial charge on any atom is 0.273 e. The van der Waals surface area contributed by atoms with E-state index in [-0.39, 0.29) is 16.4 Å². The summed E-state index contributed by atoms with van der Waals surface area (Å²) >= 11 is 5.21. The molecule has 1 heterocycles. The fourth-order valence-electron chi connectivity index (χ4n) is 3.31. The number of hydrogen-bond acceptors (Lipinski definition) is 5. The first kappa shape index (κ1) is 20.7. The maximum atomic E-state index is 12.4. The van der Waals surface area contributed by atoms with Gasteiger partial charge in [0.25, 0.3) is 11.6 Å². The smallest absolute Gasteiger partial charge is 0.273 e. The molecule has 7 nitrogen and oxygen atoms in total. The number of aryl methyl sites for hydroxylation is 1. The Labute approximate surface area is 175 Å². The fraction of sp³-hybridized carbons (Fsp3) is 0.333. The van der Waals surface area contributed by atoms with Crippen molar-refractivity contribution in [3.63, 3.8) is 0 Å². The number of rotatable bonds is 4. The molecule has 2 aromatic carbocycles. The number of carbonyl (C=O) groups excluding carboxylic acids is 1. The van der Waals surface area contributed by atoms with E-state index in [1.807, 2.05) is 24.3 Å². The number of nitrogens with zero attached hydrogens (tertiary/aromatic N) is 2. The van der Waals surface area contributed by atoms with Gasteiger partial charge >= 0.3 is 0 Å². The quantitative estimate of drug-likeness (QED) is 0.443. The lowest BCUT2D eigenvalue weighted by Gasteiger charge is -2.32. The number of piperidine rings is 1. The maximum absolute atomic E-state index is 12.4. The average Bonchev–Trinajstić information content (AvgIpc) is 2.69. The topological polar surface area (TPSA) is 87.5 Å². The number of thiocarbonyl (C=S) groups is 1. The highest BCUT2D eigenvalue weighted by Crippen LogP contribution is 2.24. The van der Waals surface area contributed by atoms with Crippen LogP contribution in [-0.2, 0) is 0 Å². The summed E-state index contributed by atoms with van der Waals surface area (Å²) in [5, 5.41) is 16.7. The van der Waals surface area contributed by atoms with E-state index >= 15 is 0 Å². The number of anilines is 2. The van der Waals surface area contributed by atoms with Crippen LogP contribution in [0.4, 0.5) is 17.1 Å². The number of benzene rings is 2. The van der Waals surface area contributed by atoms with Crippen LogP contribution >= 0.6 is 12.2 Å². The summed E-state index contributed by atoms with van der Waals surface area (Å²) in [6.07, 6.45) is 2.40. The molecule has 3 rings (SSSR count). The van der Waals surface area contributed by atoms with Gasteiger partial charge in [-0.2, -0.15) is 0 Å². The van der Waals surface area contributed by atoms with E-state index in [2.05, 4.69) is 22.5 Å². The lowest BCUT2D eigenvalue weighted by atomic mass is 9.99. The summed E-state index contributed by atoms with van der Waals surface area (Å²) in [4.78, 5) is 25.3. The van der Waals surface area contributed by atoms with Gasteiger partial charge in [-0.25, -0.2) is 0 Å². The molecule has 0 spiro atoms. The van der Waals surface area contributed by atoms with E-state index in [0.29, 0.717) is 5.56 Å². The molecular weight excluding hydrogens is 388 g/mol. The standard InChI is InChI=1S/C21H24N4O3S/c1-14-9-11-24(12-10-14)18-7-5-17(6-8-18)22-21(29)23-20(26)16-4-3-15(2)19(13-16)25(27)28/h3-8,13-14H,9-12H2,1-2H3,(H2,22,23,26,29). The number of carbonyl (C=O) groups is 1. The van der Waals surface area contributed by atoms with Gasteiger partial charge in [0, 0.05) is 41.7 Å². The highest BCUT2D eigenvalue weighted by Gasteiger charge is 2.17. The summed E-state index contributed by atoms with van der Waals surface area (Å²) in [6.45, 7) is 6.03. The largest absolute Gasteiger partial charge is 0.372 e. The normalized spacial score (nSPS) is 14.3. The molecule has 8 heteroatoms. The summed E-state index contributed by atoms with van der Waals surface area (Å²) in [5.41, 5.74) is 2.51. The van der Waals surface area contributed by atoms with Gasteiger partial charge in [-0.1, -0.05) is 13.0 Å². The molecule has 0 unspecified atom stereocenters. The van der Waals surface area contributed by atoms with Crippen molar-refractivity contribution >= 4 is 40.3 Å². The van der Waals surface area contributed by atoms with Crippen LogP contribution < -0.4 is 15.5 Å². The van der Waals surface area contributed by atoms with Crippen LogP contribution in [0, 0.1) is 23.0 Å². The zero-order valence-corrected chi connectivity index (χ0v) is 17.3. The van der Waals surface area contributed by atoms with E-state index < -0.39 is 10.8 Å². The van der Waals surface area contributed by atoms with Gasteiger partial charge in [-0.05, 0) is 68.2 Å². The summed E-state index contributed by atoms with van der Waals surface area (Å²) in [5.74, 6) is 0.285. The minimum Gasteiger partial charge on any atom is -0.372 e. The lowest BCUT2D eigenvalue weighted by molar-refractivity contribution is -0.385. The van der Waals surface area contributed by atoms with Crippen molar-refractivity contribution in [2.24, 2.45) is 5.92 Å². The highest BCUT2D eigenvalue weighted by atomic mass is 32.1. The Hall–Kier alpha value is -3.00. The third kappa shape index (κ3) is 5.29. The summed E-state index contributed by atoms with van der Waals surface area (Å²) < 4.78 is 0. The van der Waals surface area contributed by atoms with E-state index in [4.69, 9.17) is 12.2 Å². The second kappa shape index (κ2) is 9.00. The van der Waals surface area contributed by atoms with Crippen LogP contribution in [0.2, 0.25) is 0 Å². The third-order valence-electron chi connectivity index (χ3n) is 5.17. The molecule has 0 atom stereocenters. The molecule has 1 aliphatic heterocycles. The molecule has 1 amide bonds. The first-order valence-electron chi connectivity index (χ1n) is 9.56. The van der Waals surface area contributed by atoms with Gasteiger partial charge < -0.3 is 10.2 Å². The molecule has 1 saturated heterocycles. The molecule has 0 aliphatic carbocycles. The van der Waals surface area contributed by atoms with Crippen molar-refractivity contribution in [1.82, 2.24) is 5.32 Å². The zero-order valence-electron chi connectivity index (χ0n) is 16.5. The van der Waals surface area contributed by atoms with Crippen molar-refractivity contribution in [3.05, 3.63) is 63.7 Å². The van der Waals surface area contributed by atoms with E-state index in [9.17, 15) is 14.9 Å². The highest BCUT2D eigenvalue weighted by molar-refractivity contribution is 7.80. The number of nitrogens with one attached hydrogen (secondary N) is 2. The zero-order chi connectivity index (χ0) is 21.0. The summed E-state index contributed by atoms with van der Waals surface area (Å²) in [6, 6.07) is 12.2. The van der Waals surface area contributed by atoms with Crippen LogP contribution in [0.5, 0.6) is 0 Å². The summed E-state index contributed by atoms with van der Waals surface area (Å²) in [7, 11) is 0. The van der Waals surface area contributed by atoms with E-state index in [1.54, 1.807) is 13.0 Å². The molecule has 0 bridgehead atoms. The van der Waals surface area contributed by atoms with Crippen molar-refractivity contribution in [3.8, 4) is 0 Å². The molecule has 2 aromatic rings. The van der Waals surface area contributed by atoms with Crippen LogP contribution in [0.3, 0.4) is 0 Å². The molecule has 29 heavy (non-hydrogen) atoms. The molecular formula is C21H24N4O3S. The molecule has 1 aliphatic rings. The van der Waals surface area contributed by atoms with Crippen molar-refractivity contribution in [1.29, 1.82) is 0 Å². The van der Waals surface area contributed by atoms with Crippen molar-refractivity contribution < 1.29 is 9.72 Å². The second-order valence-electron chi connectivity index (χ2n) is 7.38. The van der Waals surface area contributed by atoms with Gasteiger partial charge in [0.1, 0.15) is 0 Å². The van der Waals surface area contributed by atoms with E-state index in [0.717, 1.165) is 24.7 Å². The molecule has 152 valence electrons. The molecule has 0 aromatic heterocycles. The Bertz CT molecular complexity index is 922.